The highest BCUT2D eigenvalue weighted by atomic mass is 19.1. The number of hydrogen-bond acceptors (Lipinski definition) is 3. The topological polar surface area (TPSA) is 48.1 Å². The van der Waals surface area contributed by atoms with Gasteiger partial charge in [0.05, 0.1) is 5.69 Å². The molecule has 2 aromatic rings. The van der Waals surface area contributed by atoms with Gasteiger partial charge in [0.25, 0.3) is 0 Å². The first kappa shape index (κ1) is 15.4. The first-order valence-corrected chi connectivity index (χ1v) is 7.17. The Morgan fingerprint density at radius 3 is 2.81 bits per heavy atom. The Balaban J connectivity index is 2.03. The van der Waals surface area contributed by atoms with Gasteiger partial charge in [-0.05, 0) is 49.1 Å². The fraction of sp³-hybridized carbons (Fsp3) is 0.353. The third-order valence-corrected chi connectivity index (χ3v) is 3.50. The van der Waals surface area contributed by atoms with Crippen LogP contribution < -0.4 is 10.5 Å². The van der Waals surface area contributed by atoms with Gasteiger partial charge in [-0.15, -0.1) is 0 Å². The summed E-state index contributed by atoms with van der Waals surface area (Å²) in [5.74, 6) is -0.113. The van der Waals surface area contributed by atoms with Crippen molar-refractivity contribution in [3.8, 4) is 5.75 Å². The van der Waals surface area contributed by atoms with E-state index in [0.717, 1.165) is 23.2 Å². The quantitative estimate of drug-likeness (QED) is 0.886. The average Bonchev–Trinajstić information content (AvgIpc) is 2.48. The van der Waals surface area contributed by atoms with E-state index in [9.17, 15) is 4.39 Å². The van der Waals surface area contributed by atoms with E-state index in [-0.39, 0.29) is 24.2 Å². The molecule has 0 aliphatic rings. The molecule has 0 amide bonds. The van der Waals surface area contributed by atoms with E-state index in [1.54, 1.807) is 12.3 Å². The first-order valence-electron chi connectivity index (χ1n) is 7.17. The lowest BCUT2D eigenvalue weighted by molar-refractivity contribution is 0.285. The van der Waals surface area contributed by atoms with Crippen molar-refractivity contribution in [2.75, 3.05) is 0 Å². The van der Waals surface area contributed by atoms with E-state index in [1.807, 2.05) is 32.0 Å². The minimum absolute atomic E-state index is 0.0623. The normalized spacial score (nSPS) is 12.2. The number of hydrogen-bond donors (Lipinski definition) is 1. The molecular weight excluding hydrogens is 267 g/mol. The van der Waals surface area contributed by atoms with Crippen molar-refractivity contribution >= 4 is 0 Å². The minimum Gasteiger partial charge on any atom is -0.484 e. The van der Waals surface area contributed by atoms with Gasteiger partial charge in [0.2, 0.25) is 0 Å². The zero-order chi connectivity index (χ0) is 15.2. The largest absolute Gasteiger partial charge is 0.484 e. The fourth-order valence-electron chi connectivity index (χ4n) is 2.05. The molecule has 0 saturated carbocycles. The van der Waals surface area contributed by atoms with Crippen LogP contribution >= 0.6 is 0 Å². The molecule has 4 heteroatoms. The van der Waals surface area contributed by atoms with Crippen molar-refractivity contribution in [3.05, 3.63) is 59.2 Å². The molecule has 0 spiro atoms. The highest BCUT2D eigenvalue weighted by Crippen LogP contribution is 2.20. The number of nitrogens with two attached hydrogens (primary N) is 1. The Hall–Kier alpha value is -1.94. The van der Waals surface area contributed by atoms with E-state index in [4.69, 9.17) is 10.5 Å². The number of ether oxygens (including phenoxy) is 1. The molecule has 2 rings (SSSR count). The number of aromatic nitrogens is 1. The van der Waals surface area contributed by atoms with Crippen LogP contribution in [0.4, 0.5) is 4.39 Å². The molecule has 0 aliphatic heterocycles. The molecule has 1 heterocycles. The van der Waals surface area contributed by atoms with Crippen molar-refractivity contribution in [3.63, 3.8) is 0 Å². The number of benzene rings is 1. The van der Waals surface area contributed by atoms with Crippen LogP contribution in [0.2, 0.25) is 0 Å². The van der Waals surface area contributed by atoms with Gasteiger partial charge >= 0.3 is 0 Å². The van der Waals surface area contributed by atoms with Crippen LogP contribution in [0.25, 0.3) is 0 Å². The van der Waals surface area contributed by atoms with E-state index in [0.29, 0.717) is 6.42 Å². The van der Waals surface area contributed by atoms with Gasteiger partial charge in [-0.1, -0.05) is 19.1 Å². The predicted octanol–water partition coefficient (Wildman–Crippen LogP) is 3.39. The predicted molar refractivity (Wildman–Crippen MR) is 81.7 cm³/mol. The summed E-state index contributed by atoms with van der Waals surface area (Å²) in [6.45, 7) is 4.24. The van der Waals surface area contributed by atoms with Crippen molar-refractivity contribution in [1.29, 1.82) is 0 Å². The number of nitrogens with zero attached hydrogens (tertiary/aromatic N) is 1. The van der Waals surface area contributed by atoms with E-state index >= 15 is 0 Å². The average molecular weight is 288 g/mol. The number of pyridine rings is 1. The molecule has 1 atom stereocenters. The number of aryl methyl sites for hydroxylation is 1. The summed E-state index contributed by atoms with van der Waals surface area (Å²) in [6, 6.07) is 8.90. The fourth-order valence-corrected chi connectivity index (χ4v) is 2.05. The van der Waals surface area contributed by atoms with Crippen molar-refractivity contribution < 1.29 is 9.13 Å². The van der Waals surface area contributed by atoms with E-state index in [1.165, 1.54) is 6.07 Å². The molecule has 1 aromatic carbocycles. The molecule has 0 fully saturated rings. The van der Waals surface area contributed by atoms with Crippen LogP contribution in [0.15, 0.2) is 36.5 Å². The summed E-state index contributed by atoms with van der Waals surface area (Å²) < 4.78 is 19.5. The Bertz CT molecular complexity index is 601. The Morgan fingerprint density at radius 2 is 2.14 bits per heavy atom. The SMILES string of the molecule is CCC(N)Cc1ccc(OCc2ncccc2C)c(F)c1. The lowest BCUT2D eigenvalue weighted by Gasteiger charge is -2.11. The second-order valence-electron chi connectivity index (χ2n) is 5.19. The highest BCUT2D eigenvalue weighted by molar-refractivity contribution is 5.30. The van der Waals surface area contributed by atoms with Crippen LogP contribution in [0.5, 0.6) is 5.75 Å². The molecule has 2 N–H and O–H groups in total. The third kappa shape index (κ3) is 4.26. The van der Waals surface area contributed by atoms with Gasteiger partial charge in [-0.25, -0.2) is 4.39 Å². The van der Waals surface area contributed by atoms with Crippen LogP contribution in [0.1, 0.15) is 30.2 Å². The second-order valence-corrected chi connectivity index (χ2v) is 5.19. The highest BCUT2D eigenvalue weighted by Gasteiger charge is 2.08. The van der Waals surface area contributed by atoms with Crippen molar-refractivity contribution in [2.45, 2.75) is 39.3 Å². The van der Waals surface area contributed by atoms with Gasteiger partial charge in [0.1, 0.15) is 6.61 Å². The van der Waals surface area contributed by atoms with Crippen molar-refractivity contribution in [1.82, 2.24) is 4.98 Å². The van der Waals surface area contributed by atoms with Crippen LogP contribution in [0.3, 0.4) is 0 Å². The van der Waals surface area contributed by atoms with Gasteiger partial charge in [0, 0.05) is 12.2 Å². The summed E-state index contributed by atoms with van der Waals surface area (Å²) in [6.07, 6.45) is 3.25. The summed E-state index contributed by atoms with van der Waals surface area (Å²) in [7, 11) is 0. The maximum Gasteiger partial charge on any atom is 0.165 e. The van der Waals surface area contributed by atoms with Gasteiger partial charge in [0.15, 0.2) is 11.6 Å². The summed E-state index contributed by atoms with van der Waals surface area (Å²) in [4.78, 5) is 4.23. The smallest absolute Gasteiger partial charge is 0.165 e. The zero-order valence-corrected chi connectivity index (χ0v) is 12.5. The zero-order valence-electron chi connectivity index (χ0n) is 12.5. The number of rotatable bonds is 6. The van der Waals surface area contributed by atoms with Crippen LogP contribution in [-0.2, 0) is 13.0 Å². The van der Waals surface area contributed by atoms with Crippen LogP contribution in [0, 0.1) is 12.7 Å². The molecule has 0 bridgehead atoms. The van der Waals surface area contributed by atoms with Gasteiger partial charge in [-0.3, -0.25) is 4.98 Å². The number of halogens is 1. The summed E-state index contributed by atoms with van der Waals surface area (Å²) in [5.41, 5.74) is 8.62. The minimum atomic E-state index is -0.357. The molecule has 3 nitrogen and oxygen atoms in total. The molecule has 1 aromatic heterocycles. The van der Waals surface area contributed by atoms with E-state index in [2.05, 4.69) is 4.98 Å². The Morgan fingerprint density at radius 1 is 1.33 bits per heavy atom. The molecule has 0 saturated heterocycles. The lowest BCUT2D eigenvalue weighted by Crippen LogP contribution is -2.21. The molecule has 1 unspecified atom stereocenters. The Kier molecular flexibility index (Phi) is 5.28. The summed E-state index contributed by atoms with van der Waals surface area (Å²) in [5, 5.41) is 0. The standard InChI is InChI=1S/C17H21FN2O/c1-3-14(19)9-13-6-7-17(15(18)10-13)21-11-16-12(2)5-4-8-20-16/h4-8,10,14H,3,9,11,19H2,1-2H3. The molecule has 0 radical (unpaired) electrons. The maximum absolute atomic E-state index is 14.0. The van der Waals surface area contributed by atoms with Gasteiger partial charge < -0.3 is 10.5 Å². The first-order chi connectivity index (χ1) is 10.1. The third-order valence-electron chi connectivity index (χ3n) is 3.50. The molecular formula is C17H21FN2O. The van der Waals surface area contributed by atoms with Crippen LogP contribution in [-0.4, -0.2) is 11.0 Å². The van der Waals surface area contributed by atoms with Gasteiger partial charge in [-0.2, -0.15) is 0 Å². The summed E-state index contributed by atoms with van der Waals surface area (Å²) >= 11 is 0. The second kappa shape index (κ2) is 7.18. The Labute approximate surface area is 125 Å². The maximum atomic E-state index is 14.0. The van der Waals surface area contributed by atoms with Crippen molar-refractivity contribution in [2.24, 2.45) is 5.73 Å². The molecule has 0 aliphatic carbocycles. The molecule has 112 valence electrons. The lowest BCUT2D eigenvalue weighted by atomic mass is 10.0. The monoisotopic (exact) mass is 288 g/mol. The molecule has 21 heavy (non-hydrogen) atoms. The van der Waals surface area contributed by atoms with E-state index < -0.39 is 0 Å².